The highest BCUT2D eigenvalue weighted by molar-refractivity contribution is 6.00. The van der Waals surface area contributed by atoms with E-state index >= 15 is 0 Å². The van der Waals surface area contributed by atoms with Crippen molar-refractivity contribution in [2.45, 2.75) is 32.1 Å². The summed E-state index contributed by atoms with van der Waals surface area (Å²) in [5, 5.41) is 6.76. The van der Waals surface area contributed by atoms with E-state index in [1.165, 1.54) is 17.5 Å². The Morgan fingerprint density at radius 3 is 2.77 bits per heavy atom. The summed E-state index contributed by atoms with van der Waals surface area (Å²) >= 11 is 0. The van der Waals surface area contributed by atoms with E-state index in [2.05, 4.69) is 10.4 Å². The second-order valence-corrected chi connectivity index (χ2v) is 5.68. The highest BCUT2D eigenvalue weighted by atomic mass is 16.2. The second kappa shape index (κ2) is 6.13. The largest absolute Gasteiger partial charge is 0.309 e. The number of aryl methyl sites for hydroxylation is 3. The minimum absolute atomic E-state index is 0.0193. The Kier molecular flexibility index (Phi) is 4.04. The minimum Gasteiger partial charge on any atom is -0.309 e. The third-order valence-corrected chi connectivity index (χ3v) is 3.98. The lowest BCUT2D eigenvalue weighted by Gasteiger charge is -2.05. The summed E-state index contributed by atoms with van der Waals surface area (Å²) in [5.41, 5.74) is 3.35. The van der Waals surface area contributed by atoms with Crippen LogP contribution in [0.15, 0.2) is 30.5 Å². The first-order chi connectivity index (χ1) is 10.6. The summed E-state index contributed by atoms with van der Waals surface area (Å²) in [5.74, 6) is 0.344. The van der Waals surface area contributed by atoms with Gasteiger partial charge in [-0.2, -0.15) is 5.10 Å². The molecule has 0 spiro atoms. The molecule has 1 aromatic heterocycles. The van der Waals surface area contributed by atoms with Crippen LogP contribution in [-0.2, 0) is 24.7 Å². The van der Waals surface area contributed by atoms with E-state index in [0.717, 1.165) is 12.8 Å². The number of nitrogens with one attached hydrogen (secondary N) is 1. The molecular weight excluding hydrogens is 278 g/mol. The van der Waals surface area contributed by atoms with Gasteiger partial charge in [-0.15, -0.1) is 0 Å². The number of rotatable bonds is 5. The summed E-state index contributed by atoms with van der Waals surface area (Å²) < 4.78 is 1.62. The highest BCUT2D eigenvalue weighted by Gasteiger charge is 2.15. The van der Waals surface area contributed by atoms with Gasteiger partial charge in [0.25, 0.3) is 0 Å². The average Bonchev–Trinajstić information content (AvgIpc) is 3.12. The molecule has 5 nitrogen and oxygen atoms in total. The zero-order chi connectivity index (χ0) is 15.5. The molecule has 0 saturated carbocycles. The standard InChI is InChI=1S/C17H19N3O2/c1-20-10-9-16(19-20)18-17(22)8-7-15(21)14-6-5-12-3-2-4-13(12)11-14/h5-6,9-11H,2-4,7-8H2,1H3,(H,18,19,22). The molecule has 1 aliphatic carbocycles. The molecule has 3 rings (SSSR count). The number of fused-ring (bicyclic) bond motifs is 1. The van der Waals surface area contributed by atoms with Gasteiger partial charge in [-0.1, -0.05) is 12.1 Å². The van der Waals surface area contributed by atoms with Crippen LogP contribution < -0.4 is 5.32 Å². The van der Waals surface area contributed by atoms with Gasteiger partial charge in [0.15, 0.2) is 11.6 Å². The van der Waals surface area contributed by atoms with Crippen LogP contribution in [0.4, 0.5) is 5.82 Å². The Morgan fingerprint density at radius 1 is 1.18 bits per heavy atom. The van der Waals surface area contributed by atoms with Crippen molar-refractivity contribution < 1.29 is 9.59 Å². The summed E-state index contributed by atoms with van der Waals surface area (Å²) in [6.45, 7) is 0. The number of nitrogens with zero attached hydrogens (tertiary/aromatic N) is 2. The van der Waals surface area contributed by atoms with E-state index in [1.54, 1.807) is 24.0 Å². The number of amides is 1. The number of ketones is 1. The molecule has 1 aromatic carbocycles. The van der Waals surface area contributed by atoms with Crippen LogP contribution in [-0.4, -0.2) is 21.5 Å². The molecule has 0 fully saturated rings. The lowest BCUT2D eigenvalue weighted by molar-refractivity contribution is -0.116. The van der Waals surface area contributed by atoms with Crippen LogP contribution in [0.5, 0.6) is 0 Å². The smallest absolute Gasteiger partial charge is 0.226 e. The molecule has 1 aliphatic rings. The van der Waals surface area contributed by atoms with Crippen molar-refractivity contribution in [3.63, 3.8) is 0 Å². The molecule has 0 unspecified atom stereocenters. The van der Waals surface area contributed by atoms with Gasteiger partial charge in [-0.25, -0.2) is 0 Å². The van der Waals surface area contributed by atoms with Crippen LogP contribution in [0.3, 0.4) is 0 Å². The molecule has 0 atom stereocenters. The molecule has 1 N–H and O–H groups in total. The molecular formula is C17H19N3O2. The first-order valence-corrected chi connectivity index (χ1v) is 7.56. The maximum Gasteiger partial charge on any atom is 0.226 e. The third-order valence-electron chi connectivity index (χ3n) is 3.98. The van der Waals surface area contributed by atoms with Gasteiger partial charge in [-0.05, 0) is 36.5 Å². The van der Waals surface area contributed by atoms with E-state index in [4.69, 9.17) is 0 Å². The van der Waals surface area contributed by atoms with E-state index in [-0.39, 0.29) is 24.5 Å². The van der Waals surface area contributed by atoms with Crippen molar-refractivity contribution in [2.75, 3.05) is 5.32 Å². The predicted octanol–water partition coefficient (Wildman–Crippen LogP) is 2.51. The van der Waals surface area contributed by atoms with Gasteiger partial charge in [-0.3, -0.25) is 14.3 Å². The topological polar surface area (TPSA) is 64.0 Å². The van der Waals surface area contributed by atoms with E-state index in [1.807, 2.05) is 18.2 Å². The lowest BCUT2D eigenvalue weighted by Crippen LogP contribution is -2.14. The fourth-order valence-electron chi connectivity index (χ4n) is 2.80. The number of Topliss-reactive ketones (excluding diaryl/α,β-unsaturated/α-hetero) is 1. The number of carbonyl (C=O) groups is 2. The summed E-state index contributed by atoms with van der Waals surface area (Å²) in [7, 11) is 1.78. The Labute approximate surface area is 129 Å². The van der Waals surface area contributed by atoms with E-state index < -0.39 is 0 Å². The summed E-state index contributed by atoms with van der Waals surface area (Å²) in [4.78, 5) is 24.0. The molecule has 22 heavy (non-hydrogen) atoms. The van der Waals surface area contributed by atoms with Gasteiger partial charge < -0.3 is 5.32 Å². The number of hydrogen-bond acceptors (Lipinski definition) is 3. The molecule has 2 aromatic rings. The van der Waals surface area contributed by atoms with Crippen molar-refractivity contribution >= 4 is 17.5 Å². The molecule has 1 heterocycles. The van der Waals surface area contributed by atoms with Crippen LogP contribution in [0, 0.1) is 0 Å². The molecule has 0 bridgehead atoms. The maximum absolute atomic E-state index is 12.2. The van der Waals surface area contributed by atoms with Gasteiger partial charge in [0.05, 0.1) is 0 Å². The van der Waals surface area contributed by atoms with Gasteiger partial charge in [0, 0.05) is 37.7 Å². The van der Waals surface area contributed by atoms with Crippen molar-refractivity contribution in [1.82, 2.24) is 9.78 Å². The zero-order valence-corrected chi connectivity index (χ0v) is 12.6. The highest BCUT2D eigenvalue weighted by Crippen LogP contribution is 2.23. The van der Waals surface area contributed by atoms with E-state index in [9.17, 15) is 9.59 Å². The second-order valence-electron chi connectivity index (χ2n) is 5.68. The van der Waals surface area contributed by atoms with Crippen LogP contribution in [0.2, 0.25) is 0 Å². The molecule has 0 aliphatic heterocycles. The molecule has 1 amide bonds. The Bertz CT molecular complexity index is 718. The monoisotopic (exact) mass is 297 g/mol. The normalized spacial score (nSPS) is 13.0. The molecule has 0 saturated heterocycles. The first-order valence-electron chi connectivity index (χ1n) is 7.56. The summed E-state index contributed by atoms with van der Waals surface area (Å²) in [6, 6.07) is 7.63. The van der Waals surface area contributed by atoms with Gasteiger partial charge in [0.2, 0.25) is 5.91 Å². The maximum atomic E-state index is 12.2. The molecule has 0 radical (unpaired) electrons. The van der Waals surface area contributed by atoms with E-state index in [0.29, 0.717) is 11.4 Å². The number of hydrogen-bond donors (Lipinski definition) is 1. The fourth-order valence-corrected chi connectivity index (χ4v) is 2.80. The van der Waals surface area contributed by atoms with Crippen molar-refractivity contribution in [2.24, 2.45) is 7.05 Å². The van der Waals surface area contributed by atoms with Crippen molar-refractivity contribution in [3.05, 3.63) is 47.2 Å². The Hall–Kier alpha value is -2.43. The number of benzene rings is 1. The van der Waals surface area contributed by atoms with Crippen molar-refractivity contribution in [1.29, 1.82) is 0 Å². The van der Waals surface area contributed by atoms with Gasteiger partial charge >= 0.3 is 0 Å². The van der Waals surface area contributed by atoms with Crippen molar-refractivity contribution in [3.8, 4) is 0 Å². The number of anilines is 1. The SMILES string of the molecule is Cn1ccc(NC(=O)CCC(=O)c2ccc3c(c2)CCC3)n1. The number of aromatic nitrogens is 2. The first kappa shape index (κ1) is 14.5. The Morgan fingerprint density at radius 2 is 2.00 bits per heavy atom. The molecule has 5 heteroatoms. The zero-order valence-electron chi connectivity index (χ0n) is 12.6. The quantitative estimate of drug-likeness (QED) is 0.862. The minimum atomic E-state index is -0.187. The van der Waals surface area contributed by atoms with Crippen LogP contribution in [0.1, 0.15) is 40.7 Å². The number of carbonyl (C=O) groups excluding carboxylic acids is 2. The fraction of sp³-hybridized carbons (Fsp3) is 0.353. The van der Waals surface area contributed by atoms with Gasteiger partial charge in [0.1, 0.15) is 0 Å². The molecule has 114 valence electrons. The van der Waals surface area contributed by atoms with Crippen LogP contribution >= 0.6 is 0 Å². The predicted molar refractivity (Wildman–Crippen MR) is 83.9 cm³/mol. The lowest BCUT2D eigenvalue weighted by atomic mass is 10.0. The third kappa shape index (κ3) is 3.24. The average molecular weight is 297 g/mol. The Balaban J connectivity index is 1.54. The summed E-state index contributed by atoms with van der Waals surface area (Å²) in [6.07, 6.45) is 5.47. The van der Waals surface area contributed by atoms with Crippen LogP contribution in [0.25, 0.3) is 0 Å².